The first-order chi connectivity index (χ1) is 5.96. The molecule has 13 heavy (non-hydrogen) atoms. The summed E-state index contributed by atoms with van der Waals surface area (Å²) in [4.78, 5) is 0. The van der Waals surface area contributed by atoms with E-state index in [2.05, 4.69) is 20.8 Å². The fourth-order valence-corrected chi connectivity index (χ4v) is 2.16. The molecule has 0 bridgehead atoms. The number of hydrogen-bond acceptors (Lipinski definition) is 2. The Kier molecular flexibility index (Phi) is 3.36. The van der Waals surface area contributed by atoms with E-state index >= 15 is 0 Å². The highest BCUT2D eigenvalue weighted by Gasteiger charge is 2.36. The summed E-state index contributed by atoms with van der Waals surface area (Å²) in [6.45, 7) is 6.58. The quantitative estimate of drug-likeness (QED) is 0.731. The third-order valence-corrected chi connectivity index (χ3v) is 3.15. The molecule has 0 aliphatic heterocycles. The van der Waals surface area contributed by atoms with E-state index in [1.54, 1.807) is 7.11 Å². The standard InChI is InChI=1S/C11H23NO/c1-11(2,3)10(13-4)9(12)8-6-5-7-8/h8-10H,5-7,12H2,1-4H3. The summed E-state index contributed by atoms with van der Waals surface area (Å²) in [5, 5.41) is 0. The van der Waals surface area contributed by atoms with Gasteiger partial charge in [-0.15, -0.1) is 0 Å². The van der Waals surface area contributed by atoms with Gasteiger partial charge in [-0.25, -0.2) is 0 Å². The fraction of sp³-hybridized carbons (Fsp3) is 1.00. The van der Waals surface area contributed by atoms with Gasteiger partial charge in [0, 0.05) is 13.2 Å². The maximum atomic E-state index is 6.19. The van der Waals surface area contributed by atoms with Crippen LogP contribution >= 0.6 is 0 Å². The highest BCUT2D eigenvalue weighted by molar-refractivity contribution is 4.91. The minimum Gasteiger partial charge on any atom is -0.379 e. The minimum atomic E-state index is 0.157. The van der Waals surface area contributed by atoms with Crippen molar-refractivity contribution in [1.82, 2.24) is 0 Å². The molecule has 1 aliphatic carbocycles. The van der Waals surface area contributed by atoms with Gasteiger partial charge in [0.25, 0.3) is 0 Å². The molecule has 0 amide bonds. The van der Waals surface area contributed by atoms with Crippen LogP contribution in [0.15, 0.2) is 0 Å². The SMILES string of the molecule is COC(C(N)C1CCC1)C(C)(C)C. The van der Waals surface area contributed by atoms with Gasteiger partial charge >= 0.3 is 0 Å². The van der Waals surface area contributed by atoms with Gasteiger partial charge in [-0.3, -0.25) is 0 Å². The maximum absolute atomic E-state index is 6.19. The van der Waals surface area contributed by atoms with Gasteiger partial charge in [0.1, 0.15) is 0 Å². The molecule has 1 saturated carbocycles. The lowest BCUT2D eigenvalue weighted by Crippen LogP contribution is -2.50. The lowest BCUT2D eigenvalue weighted by molar-refractivity contribution is -0.0255. The van der Waals surface area contributed by atoms with Crippen LogP contribution in [0.1, 0.15) is 40.0 Å². The van der Waals surface area contributed by atoms with E-state index in [1.807, 2.05) is 0 Å². The van der Waals surface area contributed by atoms with Gasteiger partial charge in [0.2, 0.25) is 0 Å². The summed E-state index contributed by atoms with van der Waals surface area (Å²) >= 11 is 0. The number of ether oxygens (including phenoxy) is 1. The van der Waals surface area contributed by atoms with Crippen LogP contribution < -0.4 is 5.73 Å². The molecule has 2 nitrogen and oxygen atoms in total. The third-order valence-electron chi connectivity index (χ3n) is 3.15. The van der Waals surface area contributed by atoms with E-state index in [4.69, 9.17) is 10.5 Å². The van der Waals surface area contributed by atoms with Crippen molar-refractivity contribution in [1.29, 1.82) is 0 Å². The Morgan fingerprint density at radius 2 is 1.85 bits per heavy atom. The zero-order valence-electron chi connectivity index (χ0n) is 9.34. The fourth-order valence-electron chi connectivity index (χ4n) is 2.16. The molecule has 1 rings (SSSR count). The van der Waals surface area contributed by atoms with Crippen molar-refractivity contribution >= 4 is 0 Å². The maximum Gasteiger partial charge on any atom is 0.0772 e. The van der Waals surface area contributed by atoms with Crippen molar-refractivity contribution in [2.45, 2.75) is 52.2 Å². The second-order valence-corrected chi connectivity index (χ2v) is 5.29. The normalized spacial score (nSPS) is 23.8. The second-order valence-electron chi connectivity index (χ2n) is 5.29. The van der Waals surface area contributed by atoms with Crippen molar-refractivity contribution in [3.8, 4) is 0 Å². The van der Waals surface area contributed by atoms with Crippen molar-refractivity contribution in [2.75, 3.05) is 7.11 Å². The van der Waals surface area contributed by atoms with Crippen molar-refractivity contribution in [3.05, 3.63) is 0 Å². The predicted octanol–water partition coefficient (Wildman–Crippen LogP) is 2.17. The number of methoxy groups -OCH3 is 1. The van der Waals surface area contributed by atoms with Gasteiger partial charge in [-0.05, 0) is 24.2 Å². The van der Waals surface area contributed by atoms with Gasteiger partial charge in [-0.1, -0.05) is 27.2 Å². The van der Waals surface area contributed by atoms with E-state index in [-0.39, 0.29) is 17.6 Å². The van der Waals surface area contributed by atoms with E-state index < -0.39 is 0 Å². The molecule has 1 aliphatic rings. The average molecular weight is 185 g/mol. The molecular weight excluding hydrogens is 162 g/mol. The highest BCUT2D eigenvalue weighted by Crippen LogP contribution is 2.35. The Balaban J connectivity index is 2.54. The molecule has 0 aromatic carbocycles. The summed E-state index contributed by atoms with van der Waals surface area (Å²) < 4.78 is 5.51. The number of rotatable bonds is 3. The molecule has 0 radical (unpaired) electrons. The Hall–Kier alpha value is -0.0800. The number of nitrogens with two attached hydrogens (primary N) is 1. The first-order valence-electron chi connectivity index (χ1n) is 5.25. The minimum absolute atomic E-state index is 0.157. The molecule has 0 heterocycles. The van der Waals surface area contributed by atoms with Crippen molar-refractivity contribution in [2.24, 2.45) is 17.1 Å². The first-order valence-corrected chi connectivity index (χ1v) is 5.25. The van der Waals surface area contributed by atoms with E-state index in [0.29, 0.717) is 5.92 Å². The molecular formula is C11H23NO. The summed E-state index contributed by atoms with van der Waals surface area (Å²) in [6.07, 6.45) is 4.12. The van der Waals surface area contributed by atoms with Crippen LogP contribution in [-0.4, -0.2) is 19.3 Å². The largest absolute Gasteiger partial charge is 0.379 e. The van der Waals surface area contributed by atoms with Crippen LogP contribution in [0.2, 0.25) is 0 Å². The third kappa shape index (κ3) is 2.44. The molecule has 2 heteroatoms. The Bertz CT molecular complexity index is 158. The monoisotopic (exact) mass is 185 g/mol. The molecule has 2 N–H and O–H groups in total. The summed E-state index contributed by atoms with van der Waals surface area (Å²) in [7, 11) is 1.77. The molecule has 2 unspecified atom stereocenters. The van der Waals surface area contributed by atoms with Crippen LogP contribution in [0.3, 0.4) is 0 Å². The van der Waals surface area contributed by atoms with Gasteiger partial charge in [-0.2, -0.15) is 0 Å². The van der Waals surface area contributed by atoms with E-state index in [9.17, 15) is 0 Å². The Labute approximate surface area is 81.8 Å². The lowest BCUT2D eigenvalue weighted by atomic mass is 9.72. The van der Waals surface area contributed by atoms with Crippen LogP contribution in [0, 0.1) is 11.3 Å². The predicted molar refractivity (Wildman–Crippen MR) is 55.6 cm³/mol. The molecule has 0 aromatic heterocycles. The molecule has 0 aromatic rings. The van der Waals surface area contributed by atoms with E-state index in [0.717, 1.165) is 0 Å². The van der Waals surface area contributed by atoms with E-state index in [1.165, 1.54) is 19.3 Å². The Morgan fingerprint density at radius 1 is 1.31 bits per heavy atom. The van der Waals surface area contributed by atoms with Crippen LogP contribution in [0.4, 0.5) is 0 Å². The van der Waals surface area contributed by atoms with Gasteiger partial charge < -0.3 is 10.5 Å². The second kappa shape index (κ2) is 3.97. The molecule has 0 saturated heterocycles. The van der Waals surface area contributed by atoms with Crippen LogP contribution in [0.25, 0.3) is 0 Å². The topological polar surface area (TPSA) is 35.2 Å². The lowest BCUT2D eigenvalue weighted by Gasteiger charge is -2.41. The highest BCUT2D eigenvalue weighted by atomic mass is 16.5. The molecule has 78 valence electrons. The molecule has 1 fully saturated rings. The average Bonchev–Trinajstić information content (AvgIpc) is 1.80. The van der Waals surface area contributed by atoms with Crippen LogP contribution in [0.5, 0.6) is 0 Å². The smallest absolute Gasteiger partial charge is 0.0772 e. The van der Waals surface area contributed by atoms with Crippen molar-refractivity contribution in [3.63, 3.8) is 0 Å². The Morgan fingerprint density at radius 3 is 2.08 bits per heavy atom. The zero-order valence-corrected chi connectivity index (χ0v) is 9.34. The first kappa shape index (κ1) is 11.0. The van der Waals surface area contributed by atoms with Gasteiger partial charge in [0.15, 0.2) is 0 Å². The summed E-state index contributed by atoms with van der Waals surface area (Å²) in [5.74, 6) is 0.698. The summed E-state index contributed by atoms with van der Waals surface area (Å²) in [5.41, 5.74) is 6.35. The van der Waals surface area contributed by atoms with Gasteiger partial charge in [0.05, 0.1) is 6.10 Å². The van der Waals surface area contributed by atoms with Crippen molar-refractivity contribution < 1.29 is 4.74 Å². The molecule has 0 spiro atoms. The number of hydrogen-bond donors (Lipinski definition) is 1. The zero-order chi connectivity index (χ0) is 10.1. The summed E-state index contributed by atoms with van der Waals surface area (Å²) in [6, 6.07) is 0.221. The van der Waals surface area contributed by atoms with Crippen LogP contribution in [-0.2, 0) is 4.74 Å². The molecule has 2 atom stereocenters.